The molecule has 0 unspecified atom stereocenters. The molecule has 1 aromatic heterocycles. The molecule has 0 saturated heterocycles. The van der Waals surface area contributed by atoms with Crippen molar-refractivity contribution in [3.63, 3.8) is 0 Å². The third kappa shape index (κ3) is 2.13. The zero-order valence-electron chi connectivity index (χ0n) is 5.03. The van der Waals surface area contributed by atoms with Crippen LogP contribution in [0.2, 0.25) is 0 Å². The second-order valence-electron chi connectivity index (χ2n) is 1.55. The molecule has 0 bridgehead atoms. The van der Waals surface area contributed by atoms with Crippen LogP contribution in [-0.4, -0.2) is 9.55 Å². The van der Waals surface area contributed by atoms with Crippen LogP contribution in [0.1, 0.15) is 0 Å². The zero-order valence-corrected chi connectivity index (χ0v) is 7.37. The van der Waals surface area contributed by atoms with Crippen molar-refractivity contribution in [1.82, 2.24) is 9.55 Å². The lowest BCUT2D eigenvalue weighted by Gasteiger charge is -1.91. The largest absolute Gasteiger partial charge is 0.321 e. The molecule has 1 heterocycles. The number of aryl methyl sites for hydroxylation is 1. The van der Waals surface area contributed by atoms with Crippen LogP contribution in [0, 0.1) is 5.41 Å². The SMILES string of the molecule is Cn1cccnc1=N.I. The molecule has 0 atom stereocenters. The van der Waals surface area contributed by atoms with Crippen LogP contribution in [0.5, 0.6) is 0 Å². The maximum Gasteiger partial charge on any atom is 0.221 e. The molecule has 0 spiro atoms. The molecule has 3 nitrogen and oxygen atoms in total. The van der Waals surface area contributed by atoms with Gasteiger partial charge in [-0.15, -0.1) is 24.0 Å². The molecule has 0 amide bonds. The van der Waals surface area contributed by atoms with Gasteiger partial charge in [-0.25, -0.2) is 4.98 Å². The van der Waals surface area contributed by atoms with Gasteiger partial charge in [0.25, 0.3) is 0 Å². The van der Waals surface area contributed by atoms with Gasteiger partial charge in [0.2, 0.25) is 5.62 Å². The second-order valence-corrected chi connectivity index (χ2v) is 1.55. The topological polar surface area (TPSA) is 41.7 Å². The Bertz CT molecular complexity index is 230. The Balaban J connectivity index is 0.000000640. The van der Waals surface area contributed by atoms with E-state index in [1.54, 1.807) is 30.1 Å². The van der Waals surface area contributed by atoms with E-state index in [-0.39, 0.29) is 29.6 Å². The van der Waals surface area contributed by atoms with Crippen molar-refractivity contribution in [2.75, 3.05) is 0 Å². The molecule has 0 aliphatic heterocycles. The van der Waals surface area contributed by atoms with E-state index >= 15 is 0 Å². The van der Waals surface area contributed by atoms with Gasteiger partial charge < -0.3 is 4.57 Å². The maximum atomic E-state index is 7.07. The Hall–Kier alpha value is -0.390. The Morgan fingerprint density at radius 3 is 2.67 bits per heavy atom. The van der Waals surface area contributed by atoms with Crippen molar-refractivity contribution in [3.05, 3.63) is 24.1 Å². The number of hydrogen-bond acceptors (Lipinski definition) is 2. The first-order chi connectivity index (χ1) is 3.80. The molecule has 0 fully saturated rings. The minimum atomic E-state index is 0. The van der Waals surface area contributed by atoms with E-state index in [1.165, 1.54) is 0 Å². The van der Waals surface area contributed by atoms with Crippen LogP contribution >= 0.6 is 24.0 Å². The molecule has 4 heteroatoms. The molecular formula is C5H8IN3. The maximum absolute atomic E-state index is 7.07. The van der Waals surface area contributed by atoms with Gasteiger partial charge in [0.1, 0.15) is 0 Å². The lowest BCUT2D eigenvalue weighted by atomic mass is 10.7. The Morgan fingerprint density at radius 1 is 1.67 bits per heavy atom. The summed E-state index contributed by atoms with van der Waals surface area (Å²) in [6, 6.07) is 1.79. The predicted octanol–water partition coefficient (Wildman–Crippen LogP) is 0.518. The lowest BCUT2D eigenvalue weighted by Crippen LogP contribution is -2.17. The highest BCUT2D eigenvalue weighted by Crippen LogP contribution is 1.68. The Morgan fingerprint density at radius 2 is 2.33 bits per heavy atom. The first kappa shape index (κ1) is 8.61. The highest BCUT2D eigenvalue weighted by Gasteiger charge is 1.76. The van der Waals surface area contributed by atoms with Gasteiger partial charge in [0.15, 0.2) is 0 Å². The van der Waals surface area contributed by atoms with Crippen LogP contribution < -0.4 is 5.62 Å². The van der Waals surface area contributed by atoms with E-state index in [2.05, 4.69) is 4.98 Å². The minimum Gasteiger partial charge on any atom is -0.321 e. The van der Waals surface area contributed by atoms with Crippen LogP contribution in [0.4, 0.5) is 0 Å². The molecule has 9 heavy (non-hydrogen) atoms. The molecule has 1 aromatic rings. The zero-order chi connectivity index (χ0) is 5.98. The highest BCUT2D eigenvalue weighted by atomic mass is 127. The fourth-order valence-electron chi connectivity index (χ4n) is 0.443. The third-order valence-corrected chi connectivity index (χ3v) is 0.927. The summed E-state index contributed by atoms with van der Waals surface area (Å²) >= 11 is 0. The summed E-state index contributed by atoms with van der Waals surface area (Å²) in [5.74, 6) is 0. The second kappa shape index (κ2) is 3.60. The normalized spacial score (nSPS) is 8.11. The Labute approximate surface area is 70.3 Å². The first-order valence-electron chi connectivity index (χ1n) is 2.33. The van der Waals surface area contributed by atoms with Crippen LogP contribution in [-0.2, 0) is 7.05 Å². The molecule has 1 rings (SSSR count). The number of rotatable bonds is 0. The van der Waals surface area contributed by atoms with Crippen LogP contribution in [0.3, 0.4) is 0 Å². The van der Waals surface area contributed by atoms with E-state index < -0.39 is 0 Å². The number of aromatic nitrogens is 2. The van der Waals surface area contributed by atoms with E-state index in [9.17, 15) is 0 Å². The molecule has 0 radical (unpaired) electrons. The van der Waals surface area contributed by atoms with Crippen molar-refractivity contribution in [1.29, 1.82) is 5.41 Å². The fraction of sp³-hybridized carbons (Fsp3) is 0.200. The molecule has 1 N–H and O–H groups in total. The van der Waals surface area contributed by atoms with Gasteiger partial charge in [-0.05, 0) is 6.07 Å². The number of hydrogen-bond donors (Lipinski definition) is 1. The lowest BCUT2D eigenvalue weighted by molar-refractivity contribution is 0.762. The molecule has 0 aromatic carbocycles. The summed E-state index contributed by atoms with van der Waals surface area (Å²) in [6.07, 6.45) is 3.39. The standard InChI is InChI=1S/C5H7N3.HI/c1-8-4-2-3-7-5(8)6;/h2-4,6H,1H3;1H. The predicted molar refractivity (Wildman–Crippen MR) is 44.5 cm³/mol. The van der Waals surface area contributed by atoms with Crippen molar-refractivity contribution in [3.8, 4) is 0 Å². The monoisotopic (exact) mass is 237 g/mol. The molecular weight excluding hydrogens is 229 g/mol. The quantitative estimate of drug-likeness (QED) is 0.656. The summed E-state index contributed by atoms with van der Waals surface area (Å²) in [6.45, 7) is 0. The first-order valence-corrected chi connectivity index (χ1v) is 2.33. The minimum absolute atomic E-state index is 0. The van der Waals surface area contributed by atoms with Crippen molar-refractivity contribution >= 4 is 24.0 Å². The summed E-state index contributed by atoms with van der Waals surface area (Å²) in [5, 5.41) is 7.07. The van der Waals surface area contributed by atoms with Gasteiger partial charge in [-0.1, -0.05) is 0 Å². The van der Waals surface area contributed by atoms with Crippen molar-refractivity contribution in [2.24, 2.45) is 7.05 Å². The number of nitrogens with zero attached hydrogens (tertiary/aromatic N) is 2. The summed E-state index contributed by atoms with van der Waals surface area (Å²) in [5.41, 5.74) is 0.285. The molecule has 0 aliphatic carbocycles. The number of halogens is 1. The third-order valence-electron chi connectivity index (χ3n) is 0.927. The summed E-state index contributed by atoms with van der Waals surface area (Å²) < 4.78 is 1.64. The van der Waals surface area contributed by atoms with Gasteiger partial charge >= 0.3 is 0 Å². The Kier molecular flexibility index (Phi) is 3.44. The summed E-state index contributed by atoms with van der Waals surface area (Å²) in [4.78, 5) is 3.71. The van der Waals surface area contributed by atoms with E-state index in [0.717, 1.165) is 0 Å². The smallest absolute Gasteiger partial charge is 0.221 e. The van der Waals surface area contributed by atoms with Gasteiger partial charge in [-0.3, -0.25) is 5.41 Å². The van der Waals surface area contributed by atoms with Gasteiger partial charge in [0.05, 0.1) is 0 Å². The molecule has 0 saturated carbocycles. The highest BCUT2D eigenvalue weighted by molar-refractivity contribution is 14.0. The number of nitrogens with one attached hydrogen (secondary N) is 1. The van der Waals surface area contributed by atoms with E-state index in [4.69, 9.17) is 5.41 Å². The summed E-state index contributed by atoms with van der Waals surface area (Å²) in [7, 11) is 1.79. The molecule has 0 aliphatic rings. The average molecular weight is 237 g/mol. The van der Waals surface area contributed by atoms with Crippen molar-refractivity contribution in [2.45, 2.75) is 0 Å². The van der Waals surface area contributed by atoms with E-state index in [1.807, 2.05) is 0 Å². The van der Waals surface area contributed by atoms with Crippen LogP contribution in [0.15, 0.2) is 18.5 Å². The van der Waals surface area contributed by atoms with Gasteiger partial charge in [0, 0.05) is 19.4 Å². The van der Waals surface area contributed by atoms with E-state index in [0.29, 0.717) is 0 Å². The average Bonchev–Trinajstić information content (AvgIpc) is 1.77. The van der Waals surface area contributed by atoms with Crippen LogP contribution in [0.25, 0.3) is 0 Å². The van der Waals surface area contributed by atoms with Gasteiger partial charge in [-0.2, -0.15) is 0 Å². The fourth-order valence-corrected chi connectivity index (χ4v) is 0.443. The molecule has 50 valence electrons. The van der Waals surface area contributed by atoms with Crippen molar-refractivity contribution < 1.29 is 0 Å².